The number of nitrogens with two attached hydrogens (primary N) is 1. The Kier molecular flexibility index (Phi) is 33.0. The zero-order valence-electron chi connectivity index (χ0n) is 51.7. The SMILES string of the molecule is C=C1NC([C@H](O)CC(N)=O)C(=O)N2CC[C@H](O)C2C(=O)NC(OCCOCCOCCOCCOC)[C@H](O)CC(NC(=O)CCCCCCCCC(C)CC(C)CC)C(=O)NC([C@@H](C)O)C(=O)N2C[C@H](O)CC2C(=O)NC1[C@H](O)[C@@H](O)c1ccc(O)cc1. The first kappa shape index (κ1) is 74.8. The van der Waals surface area contributed by atoms with Crippen LogP contribution in [-0.2, 0) is 57.2 Å². The molecule has 500 valence electrons. The summed E-state index contributed by atoms with van der Waals surface area (Å²) in [5.74, 6) is -6.26. The van der Waals surface area contributed by atoms with Crippen molar-refractivity contribution < 1.29 is 98.1 Å². The van der Waals surface area contributed by atoms with E-state index in [1.807, 2.05) is 0 Å². The average Bonchev–Trinajstić information content (AvgIpc) is 1.81. The minimum atomic E-state index is -2.12. The van der Waals surface area contributed by atoms with E-state index in [2.05, 4.69) is 53.9 Å². The van der Waals surface area contributed by atoms with Gasteiger partial charge in [-0.25, -0.2) is 0 Å². The number of aliphatic hydroxyl groups excluding tert-OH is 7. The second-order valence-electron chi connectivity index (χ2n) is 23.4. The Morgan fingerprint density at radius 3 is 1.92 bits per heavy atom. The molecule has 15 N–H and O–H groups in total. The molecule has 0 aromatic heterocycles. The lowest BCUT2D eigenvalue weighted by Crippen LogP contribution is -2.62. The van der Waals surface area contributed by atoms with Gasteiger partial charge < -0.3 is 107 Å². The Hall–Kier alpha value is -5.63. The molecule has 3 saturated heterocycles. The molecule has 28 heteroatoms. The summed E-state index contributed by atoms with van der Waals surface area (Å²) in [5.41, 5.74) is 4.96. The topological polar surface area (TPSA) is 420 Å². The zero-order chi connectivity index (χ0) is 65.0. The zero-order valence-corrected chi connectivity index (χ0v) is 51.7. The van der Waals surface area contributed by atoms with Gasteiger partial charge in [-0.2, -0.15) is 0 Å². The van der Waals surface area contributed by atoms with Gasteiger partial charge in [0.1, 0.15) is 54.3 Å². The van der Waals surface area contributed by atoms with Crippen molar-refractivity contribution in [2.75, 3.05) is 73.1 Å². The van der Waals surface area contributed by atoms with Crippen molar-refractivity contribution in [3.63, 3.8) is 0 Å². The maximum Gasteiger partial charge on any atom is 0.248 e. The van der Waals surface area contributed by atoms with E-state index in [-0.39, 0.29) is 63.7 Å². The van der Waals surface area contributed by atoms with E-state index in [0.717, 1.165) is 55.2 Å². The number of carbonyl (C=O) groups excluding carboxylic acids is 7. The van der Waals surface area contributed by atoms with Crippen molar-refractivity contribution in [3.8, 4) is 5.75 Å². The number of nitrogens with zero attached hydrogens (tertiary/aromatic N) is 2. The van der Waals surface area contributed by atoms with Gasteiger partial charge in [0.05, 0.1) is 89.7 Å². The number of rotatable bonds is 33. The van der Waals surface area contributed by atoms with Crippen LogP contribution in [0.4, 0.5) is 0 Å². The summed E-state index contributed by atoms with van der Waals surface area (Å²) in [4.78, 5) is 101. The van der Waals surface area contributed by atoms with Crippen LogP contribution in [0.1, 0.15) is 129 Å². The highest BCUT2D eigenvalue weighted by Gasteiger charge is 2.48. The first-order valence-electron chi connectivity index (χ1n) is 30.8. The normalized spacial score (nSPS) is 26.5. The lowest BCUT2D eigenvalue weighted by Gasteiger charge is -2.36. The summed E-state index contributed by atoms with van der Waals surface area (Å²) >= 11 is 0. The van der Waals surface area contributed by atoms with Gasteiger partial charge >= 0.3 is 0 Å². The number of ether oxygens (including phenoxy) is 5. The number of nitrogens with one attached hydrogen (secondary N) is 5. The van der Waals surface area contributed by atoms with Crippen molar-refractivity contribution in [3.05, 3.63) is 42.1 Å². The molecule has 0 saturated carbocycles. The minimum Gasteiger partial charge on any atom is -0.508 e. The summed E-state index contributed by atoms with van der Waals surface area (Å²) in [7, 11) is 1.55. The number of aliphatic hydroxyl groups is 7. The molecule has 1 aromatic carbocycles. The molecule has 88 heavy (non-hydrogen) atoms. The maximum absolute atomic E-state index is 14.9. The van der Waals surface area contributed by atoms with E-state index < -0.39 is 158 Å². The number of unbranched alkanes of at least 4 members (excludes halogenated alkanes) is 5. The van der Waals surface area contributed by atoms with Crippen molar-refractivity contribution in [2.24, 2.45) is 17.6 Å². The van der Waals surface area contributed by atoms with E-state index in [9.17, 15) is 74.4 Å². The monoisotopic (exact) mass is 1250 g/mol. The lowest BCUT2D eigenvalue weighted by atomic mass is 9.91. The second-order valence-corrected chi connectivity index (χ2v) is 23.4. The highest BCUT2D eigenvalue weighted by molar-refractivity contribution is 5.95. The van der Waals surface area contributed by atoms with Crippen LogP contribution in [0, 0.1) is 11.8 Å². The second kappa shape index (κ2) is 38.8. The smallest absolute Gasteiger partial charge is 0.248 e. The molecule has 7 amide bonds. The predicted molar refractivity (Wildman–Crippen MR) is 318 cm³/mol. The van der Waals surface area contributed by atoms with Crippen LogP contribution in [0.5, 0.6) is 5.75 Å². The average molecular weight is 1250 g/mol. The Balaban J connectivity index is 1.74. The Bertz CT molecular complexity index is 2340. The summed E-state index contributed by atoms with van der Waals surface area (Å²) in [6.07, 6.45) is -8.45. The number of phenolic OH excluding ortho intramolecular Hbond substituents is 1. The van der Waals surface area contributed by atoms with Crippen molar-refractivity contribution in [1.29, 1.82) is 0 Å². The van der Waals surface area contributed by atoms with Gasteiger partial charge in [0.2, 0.25) is 41.4 Å². The number of aromatic hydroxyl groups is 1. The number of benzene rings is 1. The molecule has 9 unspecified atom stereocenters. The quantitative estimate of drug-likeness (QED) is 0.0351. The van der Waals surface area contributed by atoms with Crippen molar-refractivity contribution >= 4 is 41.4 Å². The van der Waals surface area contributed by atoms with E-state index in [1.54, 1.807) is 7.11 Å². The molecule has 0 spiro atoms. The van der Waals surface area contributed by atoms with Crippen LogP contribution in [0.15, 0.2) is 36.5 Å². The standard InChI is InChI=1S/C60H100N8O20/c1-7-35(2)30-36(3)14-12-10-8-9-11-13-15-48(76)63-42-32-46(74)58(88-29-28-87-27-26-86-25-24-85-23-22-84-6)66-57(81)52-44(72)20-21-67(52)60(83)51(45(73)33-47(61)75)62-37(4)49(54(78)53(77)39-16-18-40(70)19-17-39)64-56(80)43-31-41(71)34-68(43)59(82)50(38(5)69)65-55(42)79/h16-19,35-36,38,41-46,49-54,58,62,69-74,77-78H,4,7-15,20-34H2,1-3,5-6H3,(H2,61,75)(H,63,76)(H,64,80)(H,65,79)(H,66,81)/t35?,36?,38-,41-,42?,43?,44+,45-,46-,49?,50?,51?,52?,53+,54+,58?/m1/s1. The molecule has 3 aliphatic rings. The highest BCUT2D eigenvalue weighted by atomic mass is 16.6. The van der Waals surface area contributed by atoms with Gasteiger partial charge in [-0.05, 0) is 55.7 Å². The minimum absolute atomic E-state index is 0.00578. The molecular weight excluding hydrogens is 1150 g/mol. The number of hydrogen-bond acceptors (Lipinski definition) is 21. The number of fused-ring (bicyclic) bond motifs is 2. The van der Waals surface area contributed by atoms with Crippen molar-refractivity contribution in [2.45, 2.75) is 203 Å². The van der Waals surface area contributed by atoms with Gasteiger partial charge in [-0.15, -0.1) is 0 Å². The first-order valence-corrected chi connectivity index (χ1v) is 30.8. The largest absolute Gasteiger partial charge is 0.508 e. The molecule has 0 aliphatic carbocycles. The molecule has 4 rings (SSSR count). The molecule has 0 bridgehead atoms. The van der Waals surface area contributed by atoms with Crippen LogP contribution < -0.4 is 32.3 Å². The van der Waals surface area contributed by atoms with Crippen LogP contribution in [-0.4, -0.2) is 244 Å². The summed E-state index contributed by atoms with van der Waals surface area (Å²) < 4.78 is 27.5. The number of phenols is 1. The maximum atomic E-state index is 14.9. The number of hydrogen-bond donors (Lipinski definition) is 14. The highest BCUT2D eigenvalue weighted by Crippen LogP contribution is 2.28. The number of amides is 7. The van der Waals surface area contributed by atoms with E-state index in [1.165, 1.54) is 30.7 Å². The summed E-state index contributed by atoms with van der Waals surface area (Å²) in [6, 6.07) is -6.12. The van der Waals surface area contributed by atoms with Gasteiger partial charge in [0.25, 0.3) is 0 Å². The van der Waals surface area contributed by atoms with Crippen LogP contribution in [0.2, 0.25) is 0 Å². The fourth-order valence-electron chi connectivity index (χ4n) is 11.0. The third kappa shape index (κ3) is 24.3. The van der Waals surface area contributed by atoms with Gasteiger partial charge in [-0.3, -0.25) is 33.6 Å². The van der Waals surface area contributed by atoms with Gasteiger partial charge in [-0.1, -0.05) is 84.4 Å². The third-order valence-corrected chi connectivity index (χ3v) is 16.1. The van der Waals surface area contributed by atoms with Gasteiger partial charge in [0.15, 0.2) is 6.23 Å². The molecule has 1 aromatic rings. The molecule has 28 nitrogen and oxygen atoms in total. The van der Waals surface area contributed by atoms with E-state index >= 15 is 0 Å². The van der Waals surface area contributed by atoms with E-state index in [4.69, 9.17) is 29.4 Å². The Morgan fingerprint density at radius 1 is 0.716 bits per heavy atom. The molecule has 3 fully saturated rings. The van der Waals surface area contributed by atoms with Crippen LogP contribution >= 0.6 is 0 Å². The number of methoxy groups -OCH3 is 1. The fraction of sp³-hybridized carbons (Fsp3) is 0.750. The molecule has 16 atom stereocenters. The molecule has 3 heterocycles. The van der Waals surface area contributed by atoms with Crippen LogP contribution in [0.25, 0.3) is 0 Å². The molecular formula is C60H100N8O20. The summed E-state index contributed by atoms with van der Waals surface area (Å²) in [6.45, 7) is 12.0. The van der Waals surface area contributed by atoms with Crippen LogP contribution in [0.3, 0.4) is 0 Å². The third-order valence-electron chi connectivity index (χ3n) is 16.1. The Morgan fingerprint density at radius 2 is 1.31 bits per heavy atom. The first-order chi connectivity index (χ1) is 41.9. The molecule has 0 radical (unpaired) electrons. The lowest BCUT2D eigenvalue weighted by molar-refractivity contribution is -0.149. The van der Waals surface area contributed by atoms with Crippen molar-refractivity contribution in [1.82, 2.24) is 36.4 Å². The van der Waals surface area contributed by atoms with Gasteiger partial charge in [0, 0.05) is 45.2 Å². The predicted octanol–water partition coefficient (Wildman–Crippen LogP) is -1.63. The summed E-state index contributed by atoms with van der Waals surface area (Å²) in [5, 5.41) is 104. The Labute approximate surface area is 515 Å². The fourth-order valence-corrected chi connectivity index (χ4v) is 11.0. The number of carbonyl (C=O) groups is 7. The van der Waals surface area contributed by atoms with E-state index in [0.29, 0.717) is 44.5 Å². The number of primary amides is 1. The molecule has 3 aliphatic heterocycles.